The fraction of sp³-hybridized carbons (Fsp3) is 0.533. The van der Waals surface area contributed by atoms with E-state index in [0.29, 0.717) is 6.61 Å². The van der Waals surface area contributed by atoms with Gasteiger partial charge in [0.25, 0.3) is 0 Å². The summed E-state index contributed by atoms with van der Waals surface area (Å²) in [6, 6.07) is 3.89. The van der Waals surface area contributed by atoms with Gasteiger partial charge in [-0.1, -0.05) is 25.4 Å². The maximum Gasteiger partial charge on any atom is 0.303 e. The molecule has 1 heterocycles. The summed E-state index contributed by atoms with van der Waals surface area (Å²) in [5, 5.41) is 9.63. The molecule has 0 radical (unpaired) electrons. The summed E-state index contributed by atoms with van der Waals surface area (Å²) in [6.45, 7) is 4.67. The highest BCUT2D eigenvalue weighted by Crippen LogP contribution is 2.36. The number of aliphatic carboxylic acids is 1. The minimum Gasteiger partial charge on any atom is -0.493 e. The third kappa shape index (κ3) is 3.63. The van der Waals surface area contributed by atoms with E-state index in [-0.39, 0.29) is 11.8 Å². The van der Waals surface area contributed by atoms with Crippen LogP contribution in [0, 0.1) is 5.41 Å². The third-order valence-electron chi connectivity index (χ3n) is 3.53. The number of hydrogen-bond donors (Lipinski definition) is 1. The van der Waals surface area contributed by atoms with Gasteiger partial charge in [-0.15, -0.1) is 0 Å². The Labute approximate surface area is 118 Å². The lowest BCUT2D eigenvalue weighted by atomic mass is 9.83. The molecule has 1 aromatic rings. The van der Waals surface area contributed by atoms with E-state index in [0.717, 1.165) is 35.6 Å². The first-order valence-corrected chi connectivity index (χ1v) is 6.91. The summed E-state index contributed by atoms with van der Waals surface area (Å²) < 4.78 is 5.66. The predicted octanol–water partition coefficient (Wildman–Crippen LogP) is 3.71. The van der Waals surface area contributed by atoms with Gasteiger partial charge in [0.05, 0.1) is 13.0 Å². The van der Waals surface area contributed by atoms with Crippen LogP contribution in [0.15, 0.2) is 12.1 Å². The zero-order chi connectivity index (χ0) is 14.0. The second-order valence-electron chi connectivity index (χ2n) is 5.89. The SMILES string of the molecule is CC(C)(CCc1cc(Cl)cc2c1OCC2)CC(=O)O. The largest absolute Gasteiger partial charge is 0.493 e. The molecule has 0 amide bonds. The van der Waals surface area contributed by atoms with Crippen molar-refractivity contribution in [1.82, 2.24) is 0 Å². The Morgan fingerprint density at radius 2 is 2.21 bits per heavy atom. The molecule has 1 aromatic carbocycles. The van der Waals surface area contributed by atoms with Gasteiger partial charge in [-0.25, -0.2) is 0 Å². The molecule has 1 aliphatic rings. The monoisotopic (exact) mass is 282 g/mol. The Kier molecular flexibility index (Phi) is 4.04. The second-order valence-corrected chi connectivity index (χ2v) is 6.32. The van der Waals surface area contributed by atoms with Gasteiger partial charge in [-0.3, -0.25) is 4.79 Å². The van der Waals surface area contributed by atoms with Crippen molar-refractivity contribution in [2.45, 2.75) is 39.5 Å². The molecule has 0 saturated carbocycles. The summed E-state index contributed by atoms with van der Waals surface area (Å²) in [7, 11) is 0. The topological polar surface area (TPSA) is 46.5 Å². The van der Waals surface area contributed by atoms with Crippen molar-refractivity contribution < 1.29 is 14.6 Å². The van der Waals surface area contributed by atoms with E-state index in [4.69, 9.17) is 21.4 Å². The lowest BCUT2D eigenvalue weighted by Crippen LogP contribution is -2.17. The molecular weight excluding hydrogens is 264 g/mol. The summed E-state index contributed by atoms with van der Waals surface area (Å²) in [6.07, 6.45) is 2.68. The Balaban J connectivity index is 2.10. The second kappa shape index (κ2) is 5.41. The predicted molar refractivity (Wildman–Crippen MR) is 75.0 cm³/mol. The lowest BCUT2D eigenvalue weighted by molar-refractivity contribution is -0.139. The van der Waals surface area contributed by atoms with Crippen molar-refractivity contribution in [1.29, 1.82) is 0 Å². The van der Waals surface area contributed by atoms with Gasteiger partial charge in [-0.2, -0.15) is 0 Å². The van der Waals surface area contributed by atoms with E-state index in [1.54, 1.807) is 0 Å². The molecule has 2 rings (SSSR count). The molecule has 0 atom stereocenters. The Morgan fingerprint density at radius 3 is 2.89 bits per heavy atom. The fourth-order valence-corrected chi connectivity index (χ4v) is 2.77. The molecule has 0 aliphatic carbocycles. The van der Waals surface area contributed by atoms with Gasteiger partial charge in [0.2, 0.25) is 0 Å². The van der Waals surface area contributed by atoms with Crippen molar-refractivity contribution in [3.63, 3.8) is 0 Å². The Bertz CT molecular complexity index is 494. The van der Waals surface area contributed by atoms with Crippen LogP contribution in [0.3, 0.4) is 0 Å². The number of carbonyl (C=O) groups is 1. The molecule has 3 nitrogen and oxygen atoms in total. The highest BCUT2D eigenvalue weighted by Gasteiger charge is 2.24. The Hall–Kier alpha value is -1.22. The van der Waals surface area contributed by atoms with Gasteiger partial charge in [0.15, 0.2) is 0 Å². The van der Waals surface area contributed by atoms with Crippen molar-refractivity contribution in [3.05, 3.63) is 28.3 Å². The van der Waals surface area contributed by atoms with Crippen LogP contribution in [-0.2, 0) is 17.6 Å². The lowest BCUT2D eigenvalue weighted by Gasteiger charge is -2.22. The number of benzene rings is 1. The van der Waals surface area contributed by atoms with E-state index < -0.39 is 5.97 Å². The van der Waals surface area contributed by atoms with Gasteiger partial charge >= 0.3 is 5.97 Å². The highest BCUT2D eigenvalue weighted by atomic mass is 35.5. The van der Waals surface area contributed by atoms with Gasteiger partial charge in [0.1, 0.15) is 5.75 Å². The smallest absolute Gasteiger partial charge is 0.303 e. The molecule has 1 aliphatic heterocycles. The molecule has 19 heavy (non-hydrogen) atoms. The number of fused-ring (bicyclic) bond motifs is 1. The average molecular weight is 283 g/mol. The van der Waals surface area contributed by atoms with E-state index in [2.05, 4.69) is 0 Å². The number of carboxylic acids is 1. The quantitative estimate of drug-likeness (QED) is 0.895. The zero-order valence-corrected chi connectivity index (χ0v) is 12.1. The zero-order valence-electron chi connectivity index (χ0n) is 11.3. The van der Waals surface area contributed by atoms with Crippen LogP contribution in [-0.4, -0.2) is 17.7 Å². The first-order valence-electron chi connectivity index (χ1n) is 6.53. The molecule has 0 bridgehead atoms. The number of rotatable bonds is 5. The van der Waals surface area contributed by atoms with Crippen LogP contribution < -0.4 is 4.74 Å². The normalized spacial score (nSPS) is 14.1. The molecule has 0 unspecified atom stereocenters. The molecule has 0 aromatic heterocycles. The van der Waals surface area contributed by atoms with E-state index >= 15 is 0 Å². The molecule has 0 fully saturated rings. The number of hydrogen-bond acceptors (Lipinski definition) is 2. The van der Waals surface area contributed by atoms with Crippen LogP contribution in [0.5, 0.6) is 5.75 Å². The van der Waals surface area contributed by atoms with E-state index in [9.17, 15) is 4.79 Å². The molecular formula is C15H19ClO3. The minimum atomic E-state index is -0.752. The average Bonchev–Trinajstić information content (AvgIpc) is 2.71. The minimum absolute atomic E-state index is 0.177. The van der Waals surface area contributed by atoms with Gasteiger partial charge in [-0.05, 0) is 41.5 Å². The first kappa shape index (κ1) is 14.2. The highest BCUT2D eigenvalue weighted by molar-refractivity contribution is 6.30. The number of aryl methyl sites for hydroxylation is 1. The van der Waals surface area contributed by atoms with Crippen LogP contribution >= 0.6 is 11.6 Å². The summed E-state index contributed by atoms with van der Waals surface area (Å²) >= 11 is 6.11. The first-order chi connectivity index (χ1) is 8.87. The number of ether oxygens (including phenoxy) is 1. The molecule has 4 heteroatoms. The van der Waals surface area contributed by atoms with E-state index in [1.807, 2.05) is 26.0 Å². The fourth-order valence-electron chi connectivity index (χ4n) is 2.50. The van der Waals surface area contributed by atoms with Crippen LogP contribution in [0.1, 0.15) is 37.8 Å². The van der Waals surface area contributed by atoms with Crippen LogP contribution in [0.2, 0.25) is 5.02 Å². The van der Waals surface area contributed by atoms with Crippen molar-refractivity contribution in [2.24, 2.45) is 5.41 Å². The van der Waals surface area contributed by atoms with Crippen molar-refractivity contribution in [2.75, 3.05) is 6.61 Å². The standard InChI is InChI=1S/C15H19ClO3/c1-15(2,9-13(17)18)5-3-10-7-12(16)8-11-4-6-19-14(10)11/h7-8H,3-6,9H2,1-2H3,(H,17,18). The van der Waals surface area contributed by atoms with Crippen LogP contribution in [0.4, 0.5) is 0 Å². The van der Waals surface area contributed by atoms with Gasteiger partial charge < -0.3 is 9.84 Å². The molecule has 0 spiro atoms. The Morgan fingerprint density at radius 1 is 1.47 bits per heavy atom. The summed E-state index contributed by atoms with van der Waals surface area (Å²) in [5.74, 6) is 0.202. The number of halogens is 1. The molecule has 1 N–H and O–H groups in total. The van der Waals surface area contributed by atoms with E-state index in [1.165, 1.54) is 5.56 Å². The maximum absolute atomic E-state index is 10.8. The van der Waals surface area contributed by atoms with Crippen LogP contribution in [0.25, 0.3) is 0 Å². The molecule has 0 saturated heterocycles. The summed E-state index contributed by atoms with van der Waals surface area (Å²) in [5.41, 5.74) is 2.04. The maximum atomic E-state index is 10.8. The number of carboxylic acid groups (broad SMARTS) is 1. The van der Waals surface area contributed by atoms with Gasteiger partial charge in [0, 0.05) is 11.4 Å². The van der Waals surface area contributed by atoms with Crippen molar-refractivity contribution >= 4 is 17.6 Å². The molecule has 104 valence electrons. The summed E-state index contributed by atoms with van der Waals surface area (Å²) in [4.78, 5) is 10.8. The van der Waals surface area contributed by atoms with Crippen molar-refractivity contribution in [3.8, 4) is 5.75 Å². The third-order valence-corrected chi connectivity index (χ3v) is 3.74.